The Morgan fingerprint density at radius 2 is 2.11 bits per heavy atom. The van der Waals surface area contributed by atoms with Crippen LogP contribution < -0.4 is 5.32 Å². The number of hydrogen-bond donors (Lipinski definition) is 1. The number of pyridine rings is 1. The minimum Gasteiger partial charge on any atom is -0.326 e. The second-order valence-electron chi connectivity index (χ2n) is 4.58. The van der Waals surface area contributed by atoms with Crippen LogP contribution in [0, 0.1) is 0 Å². The molecule has 90 valence electrons. The van der Waals surface area contributed by atoms with E-state index in [0.29, 0.717) is 6.42 Å². The van der Waals surface area contributed by atoms with Gasteiger partial charge < -0.3 is 5.32 Å². The number of carbonyl (C=O) groups is 1. The minimum atomic E-state index is 0.113. The molecule has 2 aromatic rings. The van der Waals surface area contributed by atoms with Gasteiger partial charge in [-0.25, -0.2) is 0 Å². The molecule has 0 radical (unpaired) electrons. The molecule has 1 N–H and O–H groups in total. The number of hydrogen-bond acceptors (Lipinski definition) is 2. The zero-order chi connectivity index (χ0) is 12.4. The molecule has 3 rings (SSSR count). The average Bonchev–Trinajstić information content (AvgIpc) is 2.40. The van der Waals surface area contributed by atoms with Gasteiger partial charge in [0.15, 0.2) is 0 Å². The highest BCUT2D eigenvalue weighted by Crippen LogP contribution is 2.24. The summed E-state index contributed by atoms with van der Waals surface area (Å²) in [6, 6.07) is 10.3. The molecule has 0 saturated heterocycles. The summed E-state index contributed by atoms with van der Waals surface area (Å²) in [5, 5.41) is 2.90. The molecular weight excluding hydrogens is 224 g/mol. The Labute approximate surface area is 106 Å². The van der Waals surface area contributed by atoms with Crippen LogP contribution in [0.2, 0.25) is 0 Å². The van der Waals surface area contributed by atoms with Gasteiger partial charge in [0.25, 0.3) is 0 Å². The predicted octanol–water partition coefficient (Wildman–Crippen LogP) is 2.56. The van der Waals surface area contributed by atoms with Crippen molar-refractivity contribution in [3.8, 4) is 0 Å². The number of benzene rings is 1. The van der Waals surface area contributed by atoms with Crippen molar-refractivity contribution < 1.29 is 4.79 Å². The molecule has 2 heterocycles. The summed E-state index contributed by atoms with van der Waals surface area (Å²) in [7, 11) is 0. The van der Waals surface area contributed by atoms with E-state index in [4.69, 9.17) is 0 Å². The Morgan fingerprint density at radius 3 is 2.94 bits per heavy atom. The summed E-state index contributed by atoms with van der Waals surface area (Å²) in [6.45, 7) is 0. The number of rotatable bonds is 2. The van der Waals surface area contributed by atoms with Crippen LogP contribution in [-0.4, -0.2) is 10.9 Å². The van der Waals surface area contributed by atoms with Crippen molar-refractivity contribution in [3.05, 3.63) is 59.4 Å². The van der Waals surface area contributed by atoms with E-state index >= 15 is 0 Å². The van der Waals surface area contributed by atoms with E-state index in [1.165, 1.54) is 16.7 Å². The Balaban J connectivity index is 1.85. The molecule has 3 nitrogen and oxygen atoms in total. The van der Waals surface area contributed by atoms with Crippen LogP contribution in [0.1, 0.15) is 23.1 Å². The largest absolute Gasteiger partial charge is 0.326 e. The summed E-state index contributed by atoms with van der Waals surface area (Å²) in [5.41, 5.74) is 4.66. The molecule has 1 aliphatic rings. The van der Waals surface area contributed by atoms with E-state index in [1.54, 1.807) is 6.20 Å². The van der Waals surface area contributed by atoms with Gasteiger partial charge >= 0.3 is 0 Å². The van der Waals surface area contributed by atoms with Gasteiger partial charge in [0.1, 0.15) is 0 Å². The second-order valence-corrected chi connectivity index (χ2v) is 4.58. The van der Waals surface area contributed by atoms with Gasteiger partial charge in [0.05, 0.1) is 0 Å². The van der Waals surface area contributed by atoms with Crippen LogP contribution in [0.5, 0.6) is 0 Å². The number of aryl methyl sites for hydroxylation is 1. The Bertz CT molecular complexity index is 578. The molecule has 0 saturated carbocycles. The van der Waals surface area contributed by atoms with E-state index in [9.17, 15) is 4.79 Å². The van der Waals surface area contributed by atoms with Gasteiger partial charge in [-0.2, -0.15) is 0 Å². The number of nitrogens with one attached hydrogen (secondary N) is 1. The lowest BCUT2D eigenvalue weighted by Gasteiger charge is -2.17. The van der Waals surface area contributed by atoms with Crippen LogP contribution in [0.25, 0.3) is 0 Å². The molecule has 0 aliphatic carbocycles. The van der Waals surface area contributed by atoms with Crippen LogP contribution in [0.15, 0.2) is 42.7 Å². The molecule has 0 unspecified atom stereocenters. The Kier molecular flexibility index (Phi) is 2.81. The SMILES string of the molecule is O=C1CCc2cc(Cc3cccnc3)ccc2N1. The fourth-order valence-corrected chi connectivity index (χ4v) is 2.29. The van der Waals surface area contributed by atoms with Crippen molar-refractivity contribution in [2.75, 3.05) is 5.32 Å². The fraction of sp³-hybridized carbons (Fsp3) is 0.200. The van der Waals surface area contributed by atoms with Crippen molar-refractivity contribution in [1.82, 2.24) is 4.98 Å². The van der Waals surface area contributed by atoms with Crippen molar-refractivity contribution in [3.63, 3.8) is 0 Å². The van der Waals surface area contributed by atoms with E-state index in [-0.39, 0.29) is 5.91 Å². The molecule has 0 bridgehead atoms. The molecule has 18 heavy (non-hydrogen) atoms. The van der Waals surface area contributed by atoms with Crippen molar-refractivity contribution in [1.29, 1.82) is 0 Å². The third kappa shape index (κ3) is 2.25. The molecular formula is C15H14N2O. The minimum absolute atomic E-state index is 0.113. The maximum Gasteiger partial charge on any atom is 0.224 e. The molecule has 1 aromatic carbocycles. The van der Waals surface area contributed by atoms with E-state index in [2.05, 4.69) is 28.5 Å². The molecule has 3 heteroatoms. The standard InChI is InChI=1S/C15H14N2O/c18-15-6-4-13-9-11(3-5-14(13)17-15)8-12-2-1-7-16-10-12/h1-3,5,7,9-10H,4,6,8H2,(H,17,18). The lowest BCUT2D eigenvalue weighted by Crippen LogP contribution is -2.18. The molecule has 0 fully saturated rings. The number of amides is 1. The third-order valence-corrected chi connectivity index (χ3v) is 3.20. The van der Waals surface area contributed by atoms with Crippen molar-refractivity contribution in [2.24, 2.45) is 0 Å². The number of nitrogens with zero attached hydrogens (tertiary/aromatic N) is 1. The first-order valence-corrected chi connectivity index (χ1v) is 6.12. The van der Waals surface area contributed by atoms with Crippen molar-refractivity contribution >= 4 is 11.6 Å². The monoisotopic (exact) mass is 238 g/mol. The van der Waals surface area contributed by atoms with Crippen LogP contribution in [-0.2, 0) is 17.6 Å². The topological polar surface area (TPSA) is 42.0 Å². The highest BCUT2D eigenvalue weighted by molar-refractivity contribution is 5.93. The Morgan fingerprint density at radius 1 is 1.17 bits per heavy atom. The number of anilines is 1. The molecule has 0 atom stereocenters. The van der Waals surface area contributed by atoms with Gasteiger partial charge in [-0.05, 0) is 41.7 Å². The lowest BCUT2D eigenvalue weighted by atomic mass is 9.98. The quantitative estimate of drug-likeness (QED) is 0.873. The lowest BCUT2D eigenvalue weighted by molar-refractivity contribution is -0.116. The summed E-state index contributed by atoms with van der Waals surface area (Å²) in [5.74, 6) is 0.113. The summed E-state index contributed by atoms with van der Waals surface area (Å²) < 4.78 is 0. The van der Waals surface area contributed by atoms with Crippen molar-refractivity contribution in [2.45, 2.75) is 19.3 Å². The molecule has 0 spiro atoms. The fourth-order valence-electron chi connectivity index (χ4n) is 2.29. The van der Waals surface area contributed by atoms with Gasteiger partial charge in [0.2, 0.25) is 5.91 Å². The smallest absolute Gasteiger partial charge is 0.224 e. The number of fused-ring (bicyclic) bond motifs is 1. The highest BCUT2D eigenvalue weighted by atomic mass is 16.1. The molecule has 1 aromatic heterocycles. The van der Waals surface area contributed by atoms with E-state index in [0.717, 1.165) is 18.5 Å². The van der Waals surface area contributed by atoms with Gasteiger partial charge in [-0.3, -0.25) is 9.78 Å². The second kappa shape index (κ2) is 4.61. The molecule has 1 amide bonds. The normalized spacial score (nSPS) is 13.9. The highest BCUT2D eigenvalue weighted by Gasteiger charge is 2.14. The first-order chi connectivity index (χ1) is 8.81. The van der Waals surface area contributed by atoms with Gasteiger partial charge in [-0.1, -0.05) is 18.2 Å². The zero-order valence-electron chi connectivity index (χ0n) is 10.0. The van der Waals surface area contributed by atoms with Gasteiger partial charge in [0, 0.05) is 24.5 Å². The average molecular weight is 238 g/mol. The van der Waals surface area contributed by atoms with E-state index < -0.39 is 0 Å². The first-order valence-electron chi connectivity index (χ1n) is 6.12. The zero-order valence-corrected chi connectivity index (χ0v) is 10.0. The van der Waals surface area contributed by atoms with Crippen LogP contribution >= 0.6 is 0 Å². The summed E-state index contributed by atoms with van der Waals surface area (Å²) >= 11 is 0. The number of aromatic nitrogens is 1. The maximum absolute atomic E-state index is 11.3. The Hall–Kier alpha value is -2.16. The van der Waals surface area contributed by atoms with Crippen LogP contribution in [0.4, 0.5) is 5.69 Å². The predicted molar refractivity (Wildman–Crippen MR) is 70.4 cm³/mol. The summed E-state index contributed by atoms with van der Waals surface area (Å²) in [4.78, 5) is 15.4. The van der Waals surface area contributed by atoms with Gasteiger partial charge in [-0.15, -0.1) is 0 Å². The number of carbonyl (C=O) groups excluding carboxylic acids is 1. The first kappa shape index (κ1) is 11.0. The molecule has 1 aliphatic heterocycles. The maximum atomic E-state index is 11.3. The third-order valence-electron chi connectivity index (χ3n) is 3.20. The van der Waals surface area contributed by atoms with E-state index in [1.807, 2.05) is 18.3 Å². The van der Waals surface area contributed by atoms with Crippen LogP contribution in [0.3, 0.4) is 0 Å². The summed E-state index contributed by atoms with van der Waals surface area (Å²) in [6.07, 6.45) is 5.98.